The Hall–Kier alpha value is -3.86. The molecule has 38 heavy (non-hydrogen) atoms. The van der Waals surface area contributed by atoms with Gasteiger partial charge in [-0.1, -0.05) is 48.5 Å². The molecule has 0 spiro atoms. The zero-order valence-corrected chi connectivity index (χ0v) is 21.4. The van der Waals surface area contributed by atoms with E-state index in [-0.39, 0.29) is 35.5 Å². The van der Waals surface area contributed by atoms with E-state index >= 15 is 0 Å². The van der Waals surface area contributed by atoms with Gasteiger partial charge in [0.25, 0.3) is 5.91 Å². The first-order valence-electron chi connectivity index (χ1n) is 12.5. The molecule has 1 aromatic heterocycles. The summed E-state index contributed by atoms with van der Waals surface area (Å²) in [7, 11) is -3.80. The lowest BCUT2D eigenvalue weighted by Gasteiger charge is -2.29. The maximum Gasteiger partial charge on any atom is 0.273 e. The molecule has 0 unspecified atom stereocenters. The molecule has 2 aliphatic heterocycles. The van der Waals surface area contributed by atoms with Gasteiger partial charge < -0.3 is 15.7 Å². The van der Waals surface area contributed by atoms with E-state index in [1.165, 1.54) is 4.31 Å². The molecule has 0 aliphatic carbocycles. The van der Waals surface area contributed by atoms with E-state index < -0.39 is 16.1 Å². The highest BCUT2D eigenvalue weighted by atomic mass is 32.2. The second kappa shape index (κ2) is 9.46. The SMILES string of the molecule is Nc1nc(C(=O)N2Cc3ccccc3C2)c2cc(-c3ccccc3S(=O)(=O)N3CCC(O)CC3)ccc2n1. The van der Waals surface area contributed by atoms with Crippen molar-refractivity contribution in [2.45, 2.75) is 36.9 Å². The number of aromatic nitrogens is 2. The first-order chi connectivity index (χ1) is 18.3. The van der Waals surface area contributed by atoms with Crippen molar-refractivity contribution in [2.24, 2.45) is 0 Å². The molecule has 2 aliphatic rings. The number of nitrogens with two attached hydrogens (primary N) is 1. The minimum Gasteiger partial charge on any atom is -0.393 e. The number of hydrogen-bond donors (Lipinski definition) is 2. The Morgan fingerprint density at radius 3 is 2.29 bits per heavy atom. The average molecular weight is 530 g/mol. The van der Waals surface area contributed by atoms with E-state index in [1.807, 2.05) is 24.3 Å². The van der Waals surface area contributed by atoms with Gasteiger partial charge in [-0.15, -0.1) is 0 Å². The van der Waals surface area contributed by atoms with Gasteiger partial charge in [-0.05, 0) is 47.7 Å². The van der Waals surface area contributed by atoms with Crippen LogP contribution in [0.1, 0.15) is 34.5 Å². The quantitative estimate of drug-likeness (QED) is 0.415. The summed E-state index contributed by atoms with van der Waals surface area (Å²) in [5.41, 5.74) is 10.00. The van der Waals surface area contributed by atoms with Crippen molar-refractivity contribution in [1.82, 2.24) is 19.2 Å². The third kappa shape index (κ3) is 4.30. The summed E-state index contributed by atoms with van der Waals surface area (Å²) in [6.07, 6.45) is 0.327. The monoisotopic (exact) mass is 529 g/mol. The van der Waals surface area contributed by atoms with Crippen LogP contribution in [0.3, 0.4) is 0 Å². The summed E-state index contributed by atoms with van der Waals surface area (Å²) in [6, 6.07) is 20.0. The van der Waals surface area contributed by atoms with Crippen LogP contribution < -0.4 is 5.73 Å². The van der Waals surface area contributed by atoms with Gasteiger partial charge in [0.1, 0.15) is 5.69 Å². The number of aliphatic hydroxyl groups is 1. The van der Waals surface area contributed by atoms with Crippen molar-refractivity contribution >= 4 is 32.8 Å². The molecule has 0 bridgehead atoms. The number of benzene rings is 3. The maximum absolute atomic E-state index is 13.6. The molecule has 9 nitrogen and oxygen atoms in total. The van der Waals surface area contributed by atoms with Crippen LogP contribution in [0.5, 0.6) is 0 Å². The lowest BCUT2D eigenvalue weighted by molar-refractivity contribution is 0.0747. The van der Waals surface area contributed by atoms with E-state index in [0.717, 1.165) is 11.1 Å². The Morgan fingerprint density at radius 1 is 0.921 bits per heavy atom. The van der Waals surface area contributed by atoms with Crippen molar-refractivity contribution in [2.75, 3.05) is 18.8 Å². The lowest BCUT2D eigenvalue weighted by Crippen LogP contribution is -2.40. The van der Waals surface area contributed by atoms with Crippen LogP contribution in [-0.4, -0.2) is 57.8 Å². The van der Waals surface area contributed by atoms with E-state index in [4.69, 9.17) is 5.73 Å². The number of hydrogen-bond acceptors (Lipinski definition) is 7. The van der Waals surface area contributed by atoms with Crippen LogP contribution in [0.2, 0.25) is 0 Å². The molecule has 0 saturated carbocycles. The second-order valence-corrected chi connectivity index (χ2v) is 11.6. The zero-order valence-electron chi connectivity index (χ0n) is 20.6. The second-order valence-electron chi connectivity index (χ2n) is 9.72. The van der Waals surface area contributed by atoms with Gasteiger partial charge in [0.05, 0.1) is 16.5 Å². The molecule has 3 N–H and O–H groups in total. The van der Waals surface area contributed by atoms with E-state index in [0.29, 0.717) is 48.0 Å². The van der Waals surface area contributed by atoms with Crippen LogP contribution in [-0.2, 0) is 23.1 Å². The topological polar surface area (TPSA) is 130 Å². The molecular formula is C28H27N5O4S. The largest absolute Gasteiger partial charge is 0.393 e. The molecule has 3 heterocycles. The maximum atomic E-state index is 13.6. The van der Waals surface area contributed by atoms with Crippen molar-refractivity contribution in [1.29, 1.82) is 0 Å². The van der Waals surface area contributed by atoms with Crippen LogP contribution >= 0.6 is 0 Å². The lowest BCUT2D eigenvalue weighted by atomic mass is 10.0. The first kappa shape index (κ1) is 24.5. The number of sulfonamides is 1. The number of carbonyl (C=O) groups is 1. The normalized spacial score (nSPS) is 16.6. The minimum atomic E-state index is -3.80. The fraction of sp³-hybridized carbons (Fsp3) is 0.250. The smallest absolute Gasteiger partial charge is 0.273 e. The average Bonchev–Trinajstić information content (AvgIpc) is 3.37. The number of rotatable bonds is 4. The summed E-state index contributed by atoms with van der Waals surface area (Å²) < 4.78 is 28.6. The van der Waals surface area contributed by atoms with E-state index in [2.05, 4.69) is 9.97 Å². The molecule has 1 saturated heterocycles. The molecule has 1 fully saturated rings. The van der Waals surface area contributed by atoms with Crippen molar-refractivity contribution < 1.29 is 18.3 Å². The van der Waals surface area contributed by atoms with Crippen molar-refractivity contribution in [3.63, 3.8) is 0 Å². The molecule has 10 heteroatoms. The molecule has 0 atom stereocenters. The number of fused-ring (bicyclic) bond motifs is 2. The number of nitrogen functional groups attached to an aromatic ring is 1. The van der Waals surface area contributed by atoms with Crippen LogP contribution in [0.4, 0.5) is 5.95 Å². The van der Waals surface area contributed by atoms with Gasteiger partial charge in [-0.2, -0.15) is 4.31 Å². The number of carbonyl (C=O) groups excluding carboxylic acids is 1. The Balaban J connectivity index is 1.41. The molecule has 6 rings (SSSR count). The highest BCUT2D eigenvalue weighted by Gasteiger charge is 2.31. The summed E-state index contributed by atoms with van der Waals surface area (Å²) in [4.78, 5) is 24.2. The standard InChI is InChI=1S/C28H27N5O4S/c29-28-30-24-10-9-18(22-7-3-4-8-25(22)38(36,37)33-13-11-21(34)12-14-33)15-23(24)26(31-28)27(35)32-16-19-5-1-2-6-20(19)17-32/h1-10,15,21,34H,11-14,16-17H2,(H2,29,30,31). The van der Waals surface area contributed by atoms with Gasteiger partial charge >= 0.3 is 0 Å². The fourth-order valence-electron chi connectivity index (χ4n) is 5.26. The molecule has 0 radical (unpaired) electrons. The van der Waals surface area contributed by atoms with E-state index in [1.54, 1.807) is 47.4 Å². The number of nitrogens with zero attached hydrogens (tertiary/aromatic N) is 4. The zero-order chi connectivity index (χ0) is 26.4. The molecule has 4 aromatic rings. The van der Waals surface area contributed by atoms with Crippen LogP contribution in [0.25, 0.3) is 22.0 Å². The summed E-state index contributed by atoms with van der Waals surface area (Å²) in [5.74, 6) is -0.259. The minimum absolute atomic E-state index is 0.000532. The van der Waals surface area contributed by atoms with Crippen LogP contribution in [0.15, 0.2) is 71.6 Å². The summed E-state index contributed by atoms with van der Waals surface area (Å²) >= 11 is 0. The molecular weight excluding hydrogens is 502 g/mol. The number of aliphatic hydroxyl groups excluding tert-OH is 1. The summed E-state index contributed by atoms with van der Waals surface area (Å²) in [5, 5.41) is 10.3. The molecule has 1 amide bonds. The summed E-state index contributed by atoms with van der Waals surface area (Å²) in [6.45, 7) is 1.48. The Bertz CT molecular complexity index is 1640. The number of piperidine rings is 1. The Kier molecular flexibility index (Phi) is 6.10. The van der Waals surface area contributed by atoms with Gasteiger partial charge in [0, 0.05) is 37.1 Å². The predicted molar refractivity (Wildman–Crippen MR) is 143 cm³/mol. The third-order valence-corrected chi connectivity index (χ3v) is 9.24. The first-order valence-corrected chi connectivity index (χ1v) is 14.0. The van der Waals surface area contributed by atoms with E-state index in [9.17, 15) is 18.3 Å². The van der Waals surface area contributed by atoms with Crippen molar-refractivity contribution in [3.05, 3.63) is 83.6 Å². The number of amides is 1. The Labute approximate surface area is 220 Å². The van der Waals surface area contributed by atoms with Gasteiger partial charge in [-0.25, -0.2) is 18.4 Å². The number of anilines is 1. The molecule has 3 aromatic carbocycles. The predicted octanol–water partition coefficient (Wildman–Crippen LogP) is 3.18. The van der Waals surface area contributed by atoms with Gasteiger partial charge in [0.15, 0.2) is 0 Å². The highest BCUT2D eigenvalue weighted by Crippen LogP contribution is 2.34. The fourth-order valence-corrected chi connectivity index (χ4v) is 6.94. The van der Waals surface area contributed by atoms with Gasteiger partial charge in [0.2, 0.25) is 16.0 Å². The van der Waals surface area contributed by atoms with Crippen LogP contribution in [0, 0.1) is 0 Å². The third-order valence-electron chi connectivity index (χ3n) is 7.28. The Morgan fingerprint density at radius 2 is 1.58 bits per heavy atom. The highest BCUT2D eigenvalue weighted by molar-refractivity contribution is 7.89. The molecule has 194 valence electrons. The van der Waals surface area contributed by atoms with Gasteiger partial charge in [-0.3, -0.25) is 4.79 Å². The van der Waals surface area contributed by atoms with Crippen molar-refractivity contribution in [3.8, 4) is 11.1 Å².